The molecule has 0 aromatic heterocycles. The Morgan fingerprint density at radius 3 is 2.29 bits per heavy atom. The van der Waals surface area contributed by atoms with E-state index in [2.05, 4.69) is 55.6 Å². The summed E-state index contributed by atoms with van der Waals surface area (Å²) in [6, 6.07) is 8.48. The maximum Gasteiger partial charge on any atom is 0.0806 e. The van der Waals surface area contributed by atoms with Crippen LogP contribution in [0.4, 0.5) is 0 Å². The zero-order valence-corrected chi connectivity index (χ0v) is 15.6. The van der Waals surface area contributed by atoms with Crippen LogP contribution in [-0.2, 0) is 0 Å². The second-order valence-corrected chi connectivity index (χ2v) is 6.69. The van der Waals surface area contributed by atoms with Crippen molar-refractivity contribution in [3.8, 4) is 0 Å². The highest BCUT2D eigenvalue weighted by Crippen LogP contribution is 2.28. The van der Waals surface area contributed by atoms with Crippen LogP contribution < -0.4 is 11.3 Å². The average Bonchev–Trinajstić information content (AvgIpc) is 2.90. The number of nitrogens with zero attached hydrogens (tertiary/aromatic N) is 2. The fourth-order valence-electron chi connectivity index (χ4n) is 3.30. The number of hydrazine groups is 3. The van der Waals surface area contributed by atoms with Gasteiger partial charge in [0.05, 0.1) is 11.4 Å². The van der Waals surface area contributed by atoms with Crippen molar-refractivity contribution in [2.75, 3.05) is 6.54 Å². The molecule has 24 heavy (non-hydrogen) atoms. The minimum absolute atomic E-state index is 0.917. The van der Waals surface area contributed by atoms with Gasteiger partial charge in [-0.05, 0) is 25.3 Å². The molecule has 0 fully saturated rings. The highest BCUT2D eigenvalue weighted by atomic mass is 15.9. The maximum atomic E-state index is 6.33. The third-order valence-corrected chi connectivity index (χ3v) is 4.79. The lowest BCUT2D eigenvalue weighted by molar-refractivity contribution is -0.00629. The molecule has 0 atom stereocenters. The predicted octanol–water partition coefficient (Wildman–Crippen LogP) is 4.74. The van der Waals surface area contributed by atoms with E-state index in [9.17, 15) is 0 Å². The Labute approximate surface area is 147 Å². The van der Waals surface area contributed by atoms with E-state index < -0.39 is 0 Å². The quantitative estimate of drug-likeness (QED) is 0.480. The SMILES string of the molecule is CCCCCCCCCN1NC(c2ccccc2C)=C(CC)N1N. The first-order valence-corrected chi connectivity index (χ1v) is 9.57. The molecule has 1 aliphatic heterocycles. The first-order valence-electron chi connectivity index (χ1n) is 9.57. The summed E-state index contributed by atoms with van der Waals surface area (Å²) in [6.45, 7) is 7.52. The largest absolute Gasteiger partial charge is 0.298 e. The number of rotatable bonds is 10. The molecule has 1 aromatic rings. The van der Waals surface area contributed by atoms with Crippen LogP contribution >= 0.6 is 0 Å². The number of hydrogen-bond acceptors (Lipinski definition) is 4. The van der Waals surface area contributed by atoms with Crippen molar-refractivity contribution in [2.45, 2.75) is 72.1 Å². The number of benzene rings is 1. The Balaban J connectivity index is 1.87. The standard InChI is InChI=1S/C20H34N4/c1-4-6-7-8-9-10-13-16-23-22-20(19(5-2)24(23)21)18-15-12-11-14-17(18)3/h11-12,14-15,22H,4-10,13,16,21H2,1-3H3. The number of allylic oxidation sites excluding steroid dienone is 1. The molecule has 4 heteroatoms. The molecular formula is C20H34N4. The minimum Gasteiger partial charge on any atom is -0.298 e. The molecule has 4 nitrogen and oxygen atoms in total. The monoisotopic (exact) mass is 330 g/mol. The Bertz CT molecular complexity index is 538. The summed E-state index contributed by atoms with van der Waals surface area (Å²) in [7, 11) is 0. The Hall–Kier alpha value is -1.52. The van der Waals surface area contributed by atoms with Crippen molar-refractivity contribution in [1.82, 2.24) is 15.7 Å². The van der Waals surface area contributed by atoms with Crippen LogP contribution in [0.2, 0.25) is 0 Å². The van der Waals surface area contributed by atoms with E-state index in [0.717, 1.165) is 24.4 Å². The molecule has 3 N–H and O–H groups in total. The first kappa shape index (κ1) is 18.8. The molecule has 134 valence electrons. The minimum atomic E-state index is 0.917. The van der Waals surface area contributed by atoms with Crippen LogP contribution in [-0.4, -0.2) is 16.8 Å². The summed E-state index contributed by atoms with van der Waals surface area (Å²) in [4.78, 5) is 0. The zero-order valence-electron chi connectivity index (χ0n) is 15.6. The number of aryl methyl sites for hydroxylation is 1. The van der Waals surface area contributed by atoms with Crippen molar-refractivity contribution in [2.24, 2.45) is 5.84 Å². The zero-order chi connectivity index (χ0) is 17.4. The van der Waals surface area contributed by atoms with Crippen molar-refractivity contribution < 1.29 is 0 Å². The predicted molar refractivity (Wildman–Crippen MR) is 102 cm³/mol. The van der Waals surface area contributed by atoms with E-state index >= 15 is 0 Å². The smallest absolute Gasteiger partial charge is 0.0806 e. The van der Waals surface area contributed by atoms with Crippen molar-refractivity contribution in [3.05, 3.63) is 41.1 Å². The Morgan fingerprint density at radius 2 is 1.62 bits per heavy atom. The lowest BCUT2D eigenvalue weighted by Gasteiger charge is -2.26. The van der Waals surface area contributed by atoms with Gasteiger partial charge in [-0.1, -0.05) is 76.6 Å². The fraction of sp³-hybridized carbons (Fsp3) is 0.600. The lowest BCUT2D eigenvalue weighted by Crippen LogP contribution is -2.47. The maximum absolute atomic E-state index is 6.33. The van der Waals surface area contributed by atoms with Crippen LogP contribution in [0.15, 0.2) is 30.0 Å². The highest BCUT2D eigenvalue weighted by Gasteiger charge is 2.27. The number of unbranched alkanes of at least 4 members (excludes halogenated alkanes) is 6. The van der Waals surface area contributed by atoms with Crippen molar-refractivity contribution in [3.63, 3.8) is 0 Å². The van der Waals surface area contributed by atoms with Crippen LogP contribution in [0.3, 0.4) is 0 Å². The second kappa shape index (κ2) is 9.70. The van der Waals surface area contributed by atoms with E-state index in [4.69, 9.17) is 5.84 Å². The molecule has 0 saturated heterocycles. The summed E-state index contributed by atoms with van der Waals surface area (Å²) >= 11 is 0. The highest BCUT2D eigenvalue weighted by molar-refractivity contribution is 5.69. The van der Waals surface area contributed by atoms with Gasteiger partial charge in [0.15, 0.2) is 0 Å². The summed E-state index contributed by atoms with van der Waals surface area (Å²) in [5.74, 6) is 6.33. The average molecular weight is 331 g/mol. The molecule has 2 rings (SSSR count). The van der Waals surface area contributed by atoms with E-state index in [1.54, 1.807) is 5.12 Å². The molecule has 0 unspecified atom stereocenters. The summed E-state index contributed by atoms with van der Waals surface area (Å²) in [5.41, 5.74) is 8.35. The third-order valence-electron chi connectivity index (χ3n) is 4.79. The van der Waals surface area contributed by atoms with Crippen molar-refractivity contribution >= 4 is 5.70 Å². The molecule has 0 bridgehead atoms. The molecule has 0 spiro atoms. The van der Waals surface area contributed by atoms with Crippen LogP contribution in [0.1, 0.15) is 76.3 Å². The van der Waals surface area contributed by atoms with Crippen LogP contribution in [0.5, 0.6) is 0 Å². The summed E-state index contributed by atoms with van der Waals surface area (Å²) in [6.07, 6.45) is 10.1. The van der Waals surface area contributed by atoms with Gasteiger partial charge < -0.3 is 0 Å². The molecule has 1 aromatic carbocycles. The fourth-order valence-corrected chi connectivity index (χ4v) is 3.30. The van der Waals surface area contributed by atoms with E-state index in [1.807, 2.05) is 0 Å². The molecule has 0 amide bonds. The van der Waals surface area contributed by atoms with Gasteiger partial charge in [0.2, 0.25) is 0 Å². The normalized spacial score (nSPS) is 15.2. The lowest BCUT2D eigenvalue weighted by atomic mass is 10.0. The molecule has 0 radical (unpaired) electrons. The third kappa shape index (κ3) is 4.74. The van der Waals surface area contributed by atoms with E-state index in [1.165, 1.54) is 56.1 Å². The Morgan fingerprint density at radius 1 is 0.958 bits per heavy atom. The van der Waals surface area contributed by atoms with Gasteiger partial charge in [-0.15, -0.1) is 5.12 Å². The van der Waals surface area contributed by atoms with Gasteiger partial charge in [-0.3, -0.25) is 5.43 Å². The topological polar surface area (TPSA) is 44.5 Å². The van der Waals surface area contributed by atoms with Gasteiger partial charge in [-0.25, -0.2) is 11.0 Å². The summed E-state index contributed by atoms with van der Waals surface area (Å²) in [5, 5.41) is 3.87. The first-order chi connectivity index (χ1) is 11.7. The molecule has 1 heterocycles. The van der Waals surface area contributed by atoms with E-state index in [-0.39, 0.29) is 0 Å². The number of hydrogen-bond donors (Lipinski definition) is 2. The van der Waals surface area contributed by atoms with Crippen LogP contribution in [0.25, 0.3) is 5.70 Å². The van der Waals surface area contributed by atoms with Gasteiger partial charge in [0.1, 0.15) is 0 Å². The molecule has 1 aliphatic rings. The molecule has 0 saturated carbocycles. The van der Waals surface area contributed by atoms with Gasteiger partial charge >= 0.3 is 0 Å². The Kier molecular flexibility index (Phi) is 7.60. The second-order valence-electron chi connectivity index (χ2n) is 6.69. The molecular weight excluding hydrogens is 296 g/mol. The van der Waals surface area contributed by atoms with E-state index in [0.29, 0.717) is 0 Å². The number of nitrogens with two attached hydrogens (primary N) is 1. The summed E-state index contributed by atoms with van der Waals surface area (Å²) < 4.78 is 0. The van der Waals surface area contributed by atoms with Gasteiger partial charge in [0, 0.05) is 12.1 Å². The van der Waals surface area contributed by atoms with Crippen molar-refractivity contribution in [1.29, 1.82) is 0 Å². The molecule has 0 aliphatic carbocycles. The van der Waals surface area contributed by atoms with Gasteiger partial charge in [-0.2, -0.15) is 0 Å². The van der Waals surface area contributed by atoms with Gasteiger partial charge in [0.25, 0.3) is 0 Å². The number of nitrogens with one attached hydrogen (secondary N) is 1. The van der Waals surface area contributed by atoms with Crippen LogP contribution in [0, 0.1) is 6.92 Å².